The first kappa shape index (κ1) is 30.0. The number of carboxylic acids is 1. The third-order valence-corrected chi connectivity index (χ3v) is 4.68. The fourth-order valence-corrected chi connectivity index (χ4v) is 2.73. The number of nitrogens with zero attached hydrogens (tertiary/aromatic N) is 1. The second-order valence-corrected chi connectivity index (χ2v) is 7.70. The van der Waals surface area contributed by atoms with Gasteiger partial charge >= 0.3 is 5.97 Å². The van der Waals surface area contributed by atoms with Crippen LogP contribution in [-0.2, 0) is 19.2 Å². The Kier molecular flexibility index (Phi) is 14.4. The van der Waals surface area contributed by atoms with Gasteiger partial charge in [-0.15, -0.1) is 0 Å². The SMILES string of the molecule is CC(NC(=O)C(N)CCCN=C(N)N)C(=O)NC(C(=O)NC(CCCCN)C(=O)O)C(C)O. The van der Waals surface area contributed by atoms with Crippen molar-refractivity contribution in [1.82, 2.24) is 16.0 Å². The molecule has 0 aliphatic carbocycles. The van der Waals surface area contributed by atoms with Crippen LogP contribution in [0.5, 0.6) is 0 Å². The second-order valence-electron chi connectivity index (χ2n) is 7.70. The van der Waals surface area contributed by atoms with E-state index in [0.717, 1.165) is 0 Å². The summed E-state index contributed by atoms with van der Waals surface area (Å²) < 4.78 is 0. The number of aliphatic hydroxyl groups is 1. The molecule has 3 amide bonds. The van der Waals surface area contributed by atoms with E-state index in [1.54, 1.807) is 0 Å². The van der Waals surface area contributed by atoms with Gasteiger partial charge in [-0.05, 0) is 52.5 Å². The lowest BCUT2D eigenvalue weighted by atomic mass is 10.1. The van der Waals surface area contributed by atoms with Crippen LogP contribution in [0.2, 0.25) is 0 Å². The van der Waals surface area contributed by atoms with Crippen LogP contribution in [0.4, 0.5) is 0 Å². The standard InChI is InChI=1S/C19H38N8O6/c1-10(25-16(30)12(21)6-5-9-24-19(22)23)15(29)27-14(11(2)28)17(31)26-13(18(32)33)7-3-4-8-20/h10-14,28H,3-9,20-21H2,1-2H3,(H,25,30)(H,26,31)(H,27,29)(H,32,33)(H4,22,23,24). The van der Waals surface area contributed by atoms with Crippen molar-refractivity contribution in [2.24, 2.45) is 27.9 Å². The van der Waals surface area contributed by atoms with Crippen LogP contribution < -0.4 is 38.9 Å². The van der Waals surface area contributed by atoms with Gasteiger partial charge in [-0.25, -0.2) is 4.79 Å². The maximum atomic E-state index is 12.5. The molecule has 33 heavy (non-hydrogen) atoms. The molecule has 0 saturated heterocycles. The molecule has 0 aromatic heterocycles. The van der Waals surface area contributed by atoms with Crippen LogP contribution >= 0.6 is 0 Å². The molecule has 13 N–H and O–H groups in total. The molecule has 0 saturated carbocycles. The summed E-state index contributed by atoms with van der Waals surface area (Å²) in [5, 5.41) is 26.3. The van der Waals surface area contributed by atoms with Crippen molar-refractivity contribution >= 4 is 29.7 Å². The zero-order chi connectivity index (χ0) is 25.6. The van der Waals surface area contributed by atoms with Gasteiger partial charge in [0.25, 0.3) is 0 Å². The summed E-state index contributed by atoms with van der Waals surface area (Å²) in [6.07, 6.45) is 0.613. The number of guanidine groups is 1. The van der Waals surface area contributed by atoms with Gasteiger partial charge < -0.3 is 49.1 Å². The topological polar surface area (TPSA) is 261 Å². The molecular weight excluding hydrogens is 436 g/mol. The van der Waals surface area contributed by atoms with E-state index in [2.05, 4.69) is 20.9 Å². The lowest BCUT2D eigenvalue weighted by Crippen LogP contribution is -2.59. The Balaban J connectivity index is 4.86. The highest BCUT2D eigenvalue weighted by molar-refractivity contribution is 5.94. The molecule has 0 aliphatic rings. The normalized spacial score (nSPS) is 15.3. The Morgan fingerprint density at radius 3 is 2.06 bits per heavy atom. The maximum absolute atomic E-state index is 12.5. The van der Waals surface area contributed by atoms with E-state index >= 15 is 0 Å². The molecule has 0 fully saturated rings. The van der Waals surface area contributed by atoms with Gasteiger partial charge in [-0.3, -0.25) is 19.4 Å². The molecule has 0 aromatic rings. The third-order valence-electron chi connectivity index (χ3n) is 4.68. The van der Waals surface area contributed by atoms with Gasteiger partial charge in [0.1, 0.15) is 18.1 Å². The zero-order valence-corrected chi connectivity index (χ0v) is 19.1. The van der Waals surface area contributed by atoms with Gasteiger partial charge in [0.15, 0.2) is 5.96 Å². The van der Waals surface area contributed by atoms with Crippen molar-refractivity contribution in [3.8, 4) is 0 Å². The molecule has 5 atom stereocenters. The Morgan fingerprint density at radius 2 is 1.55 bits per heavy atom. The Bertz CT molecular complexity index is 683. The number of carbonyl (C=O) groups excluding carboxylic acids is 3. The van der Waals surface area contributed by atoms with E-state index in [9.17, 15) is 29.4 Å². The van der Waals surface area contributed by atoms with Crippen molar-refractivity contribution in [3.63, 3.8) is 0 Å². The van der Waals surface area contributed by atoms with Crippen LogP contribution in [0, 0.1) is 0 Å². The summed E-state index contributed by atoms with van der Waals surface area (Å²) in [6, 6.07) is -4.61. The van der Waals surface area contributed by atoms with E-state index in [1.165, 1.54) is 13.8 Å². The largest absolute Gasteiger partial charge is 0.480 e. The molecule has 14 heteroatoms. The monoisotopic (exact) mass is 474 g/mol. The van der Waals surface area contributed by atoms with Crippen LogP contribution in [0.15, 0.2) is 4.99 Å². The van der Waals surface area contributed by atoms with Crippen LogP contribution in [0.1, 0.15) is 46.0 Å². The van der Waals surface area contributed by atoms with Gasteiger partial charge in [0.05, 0.1) is 12.1 Å². The highest BCUT2D eigenvalue weighted by atomic mass is 16.4. The highest BCUT2D eigenvalue weighted by Crippen LogP contribution is 2.03. The van der Waals surface area contributed by atoms with E-state index in [4.69, 9.17) is 22.9 Å². The zero-order valence-electron chi connectivity index (χ0n) is 19.1. The molecule has 0 aliphatic heterocycles. The first-order chi connectivity index (χ1) is 15.4. The number of aliphatic hydroxyl groups excluding tert-OH is 1. The minimum absolute atomic E-state index is 0.0692. The number of aliphatic carboxylic acids is 1. The Hall–Kier alpha value is -2.97. The number of hydrogen-bond acceptors (Lipinski definition) is 8. The second kappa shape index (κ2) is 15.8. The summed E-state index contributed by atoms with van der Waals surface area (Å²) in [4.78, 5) is 52.3. The molecule has 0 rings (SSSR count). The lowest BCUT2D eigenvalue weighted by Gasteiger charge is -2.25. The van der Waals surface area contributed by atoms with Gasteiger partial charge in [-0.1, -0.05) is 0 Å². The number of nitrogens with two attached hydrogens (primary N) is 4. The van der Waals surface area contributed by atoms with Crippen molar-refractivity contribution in [2.75, 3.05) is 13.1 Å². The summed E-state index contributed by atoms with van der Waals surface area (Å²) in [5.74, 6) is -3.53. The van der Waals surface area contributed by atoms with E-state index in [0.29, 0.717) is 32.4 Å². The fourth-order valence-electron chi connectivity index (χ4n) is 2.73. The minimum atomic E-state index is -1.43. The number of carboxylic acid groups (broad SMARTS) is 1. The molecule has 5 unspecified atom stereocenters. The van der Waals surface area contributed by atoms with Crippen LogP contribution in [0.3, 0.4) is 0 Å². The summed E-state index contributed by atoms with van der Waals surface area (Å²) in [7, 11) is 0. The average Bonchev–Trinajstić information content (AvgIpc) is 2.73. The van der Waals surface area contributed by atoms with E-state index < -0.39 is 54.0 Å². The Morgan fingerprint density at radius 1 is 0.909 bits per heavy atom. The van der Waals surface area contributed by atoms with Crippen molar-refractivity contribution < 1.29 is 29.4 Å². The van der Waals surface area contributed by atoms with E-state index in [-0.39, 0.29) is 18.8 Å². The first-order valence-electron chi connectivity index (χ1n) is 10.7. The molecule has 0 heterocycles. The number of carbonyl (C=O) groups is 4. The average molecular weight is 475 g/mol. The van der Waals surface area contributed by atoms with Gasteiger partial charge in [-0.2, -0.15) is 0 Å². The number of aliphatic imine (C=N–C) groups is 1. The quantitative estimate of drug-likeness (QED) is 0.0603. The highest BCUT2D eigenvalue weighted by Gasteiger charge is 2.31. The predicted octanol–water partition coefficient (Wildman–Crippen LogP) is -3.56. The fraction of sp³-hybridized carbons (Fsp3) is 0.737. The molecule has 0 radical (unpaired) electrons. The van der Waals surface area contributed by atoms with Crippen molar-refractivity contribution in [3.05, 3.63) is 0 Å². The molecular formula is C19H38N8O6. The number of amides is 3. The van der Waals surface area contributed by atoms with Gasteiger partial charge in [0.2, 0.25) is 17.7 Å². The van der Waals surface area contributed by atoms with Crippen LogP contribution in [-0.4, -0.2) is 83.2 Å². The molecule has 14 nitrogen and oxygen atoms in total. The summed E-state index contributed by atoms with van der Waals surface area (Å²) in [6.45, 7) is 3.33. The number of hydrogen-bond donors (Lipinski definition) is 9. The minimum Gasteiger partial charge on any atom is -0.480 e. The van der Waals surface area contributed by atoms with Crippen molar-refractivity contribution in [1.29, 1.82) is 0 Å². The number of nitrogens with one attached hydrogen (secondary N) is 3. The molecule has 190 valence electrons. The first-order valence-corrected chi connectivity index (χ1v) is 10.7. The molecule has 0 aromatic carbocycles. The molecule has 0 spiro atoms. The van der Waals surface area contributed by atoms with Crippen LogP contribution in [0.25, 0.3) is 0 Å². The Labute approximate surface area is 192 Å². The summed E-state index contributed by atoms with van der Waals surface area (Å²) >= 11 is 0. The summed E-state index contributed by atoms with van der Waals surface area (Å²) in [5.41, 5.74) is 21.6. The van der Waals surface area contributed by atoms with Crippen molar-refractivity contribution in [2.45, 2.75) is 76.2 Å². The smallest absolute Gasteiger partial charge is 0.326 e. The third kappa shape index (κ3) is 12.6. The molecule has 0 bridgehead atoms. The van der Waals surface area contributed by atoms with Gasteiger partial charge in [0, 0.05) is 6.54 Å². The lowest BCUT2D eigenvalue weighted by molar-refractivity contribution is -0.143. The number of unbranched alkanes of at least 4 members (excludes halogenated alkanes) is 1. The number of rotatable bonds is 16. The predicted molar refractivity (Wildman–Crippen MR) is 122 cm³/mol. The van der Waals surface area contributed by atoms with E-state index in [1.807, 2.05) is 0 Å². The maximum Gasteiger partial charge on any atom is 0.326 e.